The van der Waals surface area contributed by atoms with Crippen LogP contribution in [0.2, 0.25) is 0 Å². The van der Waals surface area contributed by atoms with Crippen molar-refractivity contribution in [1.29, 1.82) is 0 Å². The van der Waals surface area contributed by atoms with Gasteiger partial charge in [-0.3, -0.25) is 9.59 Å². The summed E-state index contributed by atoms with van der Waals surface area (Å²) < 4.78 is 16.3. The second kappa shape index (κ2) is 11.1. The number of urea groups is 1. The topological polar surface area (TPSA) is 88.6 Å². The molecule has 1 aliphatic carbocycles. The van der Waals surface area contributed by atoms with E-state index in [0.717, 1.165) is 29.0 Å². The average Bonchev–Trinajstić information content (AvgIpc) is 2.91. The minimum absolute atomic E-state index is 0.115. The highest BCUT2D eigenvalue weighted by atomic mass is 16.5. The van der Waals surface area contributed by atoms with E-state index in [0.29, 0.717) is 42.3 Å². The van der Waals surface area contributed by atoms with E-state index in [1.165, 1.54) is 21.3 Å². The summed E-state index contributed by atoms with van der Waals surface area (Å²) in [7, 11) is 4.45. The maximum absolute atomic E-state index is 13.9. The van der Waals surface area contributed by atoms with Crippen molar-refractivity contribution in [3.63, 3.8) is 0 Å². The Hall–Kier alpha value is -3.75. The molecule has 2 aliphatic rings. The van der Waals surface area contributed by atoms with Gasteiger partial charge in [0.1, 0.15) is 6.54 Å². The zero-order valence-electron chi connectivity index (χ0n) is 22.2. The molecular formula is C28H35N3O6. The number of imide groups is 1. The molecule has 0 bridgehead atoms. The summed E-state index contributed by atoms with van der Waals surface area (Å²) in [6, 6.07) is 10.1. The van der Waals surface area contributed by atoms with Crippen LogP contribution in [0.15, 0.2) is 36.4 Å². The maximum Gasteiger partial charge on any atom is 0.332 e. The number of ether oxygens (including phenoxy) is 3. The number of carbonyl (C=O) groups is 3. The first-order valence-corrected chi connectivity index (χ1v) is 12.7. The lowest BCUT2D eigenvalue weighted by molar-refractivity contribution is -0.129. The molecule has 4 rings (SSSR count). The van der Waals surface area contributed by atoms with E-state index < -0.39 is 6.03 Å². The minimum Gasteiger partial charge on any atom is -0.493 e. The summed E-state index contributed by atoms with van der Waals surface area (Å²) >= 11 is 0. The number of hydrogen-bond donors (Lipinski definition) is 0. The van der Waals surface area contributed by atoms with Crippen LogP contribution in [0.25, 0.3) is 0 Å². The molecule has 1 saturated heterocycles. The Morgan fingerprint density at radius 1 is 1.00 bits per heavy atom. The predicted octanol–water partition coefficient (Wildman–Crippen LogP) is 4.40. The highest BCUT2D eigenvalue weighted by molar-refractivity contribution is 6.18. The highest BCUT2D eigenvalue weighted by Crippen LogP contribution is 2.43. The third-order valence-electron chi connectivity index (χ3n) is 7.25. The molecular weight excluding hydrogens is 474 g/mol. The second-order valence-corrected chi connectivity index (χ2v) is 9.40. The molecule has 37 heavy (non-hydrogen) atoms. The van der Waals surface area contributed by atoms with Crippen molar-refractivity contribution in [2.75, 3.05) is 44.2 Å². The Morgan fingerprint density at radius 3 is 2.27 bits per heavy atom. The molecule has 9 nitrogen and oxygen atoms in total. The summed E-state index contributed by atoms with van der Waals surface area (Å²) in [6.07, 6.45) is 3.16. The Balaban J connectivity index is 1.71. The van der Waals surface area contributed by atoms with Gasteiger partial charge in [-0.2, -0.15) is 0 Å². The van der Waals surface area contributed by atoms with Crippen molar-refractivity contribution in [2.45, 2.75) is 45.6 Å². The van der Waals surface area contributed by atoms with Crippen molar-refractivity contribution >= 4 is 29.2 Å². The molecule has 0 N–H and O–H groups in total. The van der Waals surface area contributed by atoms with Crippen molar-refractivity contribution < 1.29 is 28.6 Å². The zero-order chi connectivity index (χ0) is 26.7. The molecule has 0 aromatic heterocycles. The summed E-state index contributed by atoms with van der Waals surface area (Å²) in [5.74, 6) is 0.200. The summed E-state index contributed by atoms with van der Waals surface area (Å²) in [5.41, 5.74) is 2.15. The zero-order valence-corrected chi connectivity index (χ0v) is 22.2. The second-order valence-electron chi connectivity index (χ2n) is 9.40. The van der Waals surface area contributed by atoms with Gasteiger partial charge in [0.25, 0.3) is 0 Å². The molecule has 0 spiro atoms. The van der Waals surface area contributed by atoms with E-state index in [9.17, 15) is 14.4 Å². The summed E-state index contributed by atoms with van der Waals surface area (Å²) in [6.45, 7) is 4.24. The third-order valence-corrected chi connectivity index (χ3v) is 7.25. The van der Waals surface area contributed by atoms with Crippen LogP contribution in [0.1, 0.15) is 38.2 Å². The van der Waals surface area contributed by atoms with Gasteiger partial charge in [-0.25, -0.2) is 9.69 Å². The number of aryl methyl sites for hydroxylation is 1. The average molecular weight is 510 g/mol. The Labute approximate surface area is 217 Å². The number of fused-ring (bicyclic) bond motifs is 1. The van der Waals surface area contributed by atoms with Gasteiger partial charge >= 0.3 is 6.03 Å². The number of likely N-dealkylation sites (N-methyl/N-ethyl adjacent to an activating group) is 1. The molecule has 1 saturated carbocycles. The quantitative estimate of drug-likeness (QED) is 0.524. The number of amides is 4. The number of hydrogen-bond acceptors (Lipinski definition) is 6. The molecule has 2 unspecified atom stereocenters. The molecule has 2 fully saturated rings. The molecule has 2 aromatic carbocycles. The number of carbonyl (C=O) groups excluding carboxylic acids is 3. The number of anilines is 2. The lowest BCUT2D eigenvalue weighted by Crippen LogP contribution is -2.64. The van der Waals surface area contributed by atoms with Crippen LogP contribution in [0.4, 0.5) is 16.2 Å². The lowest BCUT2D eigenvalue weighted by Gasteiger charge is -2.46. The molecule has 2 aromatic rings. The monoisotopic (exact) mass is 509 g/mol. The molecule has 2 atom stereocenters. The first-order chi connectivity index (χ1) is 17.8. The maximum atomic E-state index is 13.9. The Bertz CT molecular complexity index is 1160. The largest absolute Gasteiger partial charge is 0.493 e. The van der Waals surface area contributed by atoms with Gasteiger partial charge in [-0.15, -0.1) is 0 Å². The normalized spacial score (nSPS) is 19.4. The molecule has 4 amide bonds. The summed E-state index contributed by atoms with van der Waals surface area (Å²) in [4.78, 5) is 45.6. The van der Waals surface area contributed by atoms with Crippen molar-refractivity contribution in [2.24, 2.45) is 5.92 Å². The first-order valence-electron chi connectivity index (χ1n) is 12.7. The van der Waals surface area contributed by atoms with Crippen molar-refractivity contribution in [3.05, 3.63) is 42.0 Å². The van der Waals surface area contributed by atoms with Crippen molar-refractivity contribution in [3.8, 4) is 17.2 Å². The van der Waals surface area contributed by atoms with Gasteiger partial charge in [-0.1, -0.05) is 25.0 Å². The van der Waals surface area contributed by atoms with E-state index >= 15 is 0 Å². The van der Waals surface area contributed by atoms with Crippen LogP contribution in [-0.4, -0.2) is 63.2 Å². The minimum atomic E-state index is -0.518. The van der Waals surface area contributed by atoms with Crippen LogP contribution < -0.4 is 24.0 Å². The third kappa shape index (κ3) is 4.95. The molecule has 1 aliphatic heterocycles. The molecule has 1 heterocycles. The highest BCUT2D eigenvalue weighted by Gasteiger charge is 2.48. The number of benzene rings is 2. The van der Waals surface area contributed by atoms with E-state index in [-0.39, 0.29) is 30.3 Å². The Kier molecular flexibility index (Phi) is 7.90. The van der Waals surface area contributed by atoms with Crippen LogP contribution in [0, 0.1) is 12.8 Å². The van der Waals surface area contributed by atoms with E-state index in [1.54, 1.807) is 21.9 Å². The number of nitrogens with zero attached hydrogens (tertiary/aromatic N) is 3. The van der Waals surface area contributed by atoms with E-state index in [4.69, 9.17) is 14.2 Å². The SMILES string of the molecule is CCN(C(=O)CN1C(=O)N(c2cc(OC)c(OC)c(OC)c2)C(=O)C2CCCCC21)c1cccc(C)c1. The Morgan fingerprint density at radius 2 is 1.68 bits per heavy atom. The van der Waals surface area contributed by atoms with Gasteiger partial charge in [0, 0.05) is 30.4 Å². The van der Waals surface area contributed by atoms with Gasteiger partial charge in [-0.05, 0) is 44.4 Å². The van der Waals surface area contributed by atoms with Gasteiger partial charge in [0.05, 0.1) is 32.9 Å². The fraction of sp³-hybridized carbons (Fsp3) is 0.464. The first kappa shape index (κ1) is 26.3. The lowest BCUT2D eigenvalue weighted by atomic mass is 9.81. The standard InChI is InChI=1S/C28H35N3O6/c1-6-29(19-11-9-10-18(2)14-19)25(32)17-30-22-13-8-7-12-21(22)27(33)31(28(30)34)20-15-23(35-3)26(37-5)24(16-20)36-4/h9-11,14-16,21-22H,6-8,12-13,17H2,1-5H3. The van der Waals surface area contributed by atoms with Crippen LogP contribution >= 0.6 is 0 Å². The van der Waals surface area contributed by atoms with Gasteiger partial charge in [0.15, 0.2) is 11.5 Å². The molecule has 198 valence electrons. The number of methoxy groups -OCH3 is 3. The fourth-order valence-electron chi connectivity index (χ4n) is 5.45. The molecule has 0 radical (unpaired) electrons. The van der Waals surface area contributed by atoms with E-state index in [2.05, 4.69) is 0 Å². The van der Waals surface area contributed by atoms with Crippen molar-refractivity contribution in [1.82, 2.24) is 4.90 Å². The number of rotatable bonds is 8. The molecule has 9 heteroatoms. The van der Waals surface area contributed by atoms with Crippen LogP contribution in [-0.2, 0) is 9.59 Å². The van der Waals surface area contributed by atoms with E-state index in [1.807, 2.05) is 38.1 Å². The smallest absolute Gasteiger partial charge is 0.332 e. The fourth-order valence-corrected chi connectivity index (χ4v) is 5.45. The van der Waals surface area contributed by atoms with Gasteiger partial charge < -0.3 is 24.0 Å². The van der Waals surface area contributed by atoms with Gasteiger partial charge in [0.2, 0.25) is 17.6 Å². The predicted molar refractivity (Wildman–Crippen MR) is 141 cm³/mol. The summed E-state index contributed by atoms with van der Waals surface area (Å²) in [5, 5.41) is 0. The van der Waals surface area contributed by atoms with Crippen LogP contribution in [0.3, 0.4) is 0 Å². The van der Waals surface area contributed by atoms with Crippen LogP contribution in [0.5, 0.6) is 17.2 Å².